The number of rotatable bonds is 2. The van der Waals surface area contributed by atoms with Gasteiger partial charge < -0.3 is 4.90 Å². The summed E-state index contributed by atoms with van der Waals surface area (Å²) in [6.07, 6.45) is 13.2. The zero-order valence-corrected chi connectivity index (χ0v) is 14.3. The van der Waals surface area contributed by atoms with Crippen LogP contribution in [0.15, 0.2) is 24.5 Å². The molecule has 130 valence electrons. The molecule has 5 heteroatoms. The minimum absolute atomic E-state index is 0.0645. The Morgan fingerprint density at radius 1 is 1.08 bits per heavy atom. The highest BCUT2D eigenvalue weighted by molar-refractivity contribution is 5.83. The molecule has 5 nitrogen and oxygen atoms in total. The first kappa shape index (κ1) is 16.0. The third-order valence-corrected chi connectivity index (χ3v) is 6.04. The molecule has 2 aliphatic heterocycles. The summed E-state index contributed by atoms with van der Waals surface area (Å²) in [7, 11) is 0. The van der Waals surface area contributed by atoms with Gasteiger partial charge >= 0.3 is 0 Å². The predicted molar refractivity (Wildman–Crippen MR) is 93.0 cm³/mol. The van der Waals surface area contributed by atoms with E-state index in [0.717, 1.165) is 25.8 Å². The van der Waals surface area contributed by atoms with Crippen LogP contribution in [0.5, 0.6) is 0 Å². The molecule has 3 heterocycles. The zero-order chi connectivity index (χ0) is 16.4. The SMILES string of the molecule is O=C(C1NNC2CCCCCC21)N1CCCC[C@@H]1c1cccnc1. The van der Waals surface area contributed by atoms with Gasteiger partial charge in [-0.25, -0.2) is 5.43 Å². The molecule has 2 N–H and O–H groups in total. The largest absolute Gasteiger partial charge is 0.334 e. The van der Waals surface area contributed by atoms with Gasteiger partial charge in [0.1, 0.15) is 6.04 Å². The van der Waals surface area contributed by atoms with Crippen LogP contribution >= 0.6 is 0 Å². The predicted octanol–water partition coefficient (Wildman–Crippen LogP) is 2.56. The van der Waals surface area contributed by atoms with Crippen LogP contribution in [0.4, 0.5) is 0 Å². The molecule has 3 aliphatic rings. The standard InChI is InChI=1S/C19H28N4O/c24-19(18-15-8-2-1-3-9-16(15)21-22-18)23-12-5-4-10-17(23)14-7-6-11-20-13-14/h6-7,11,13,15-18,21-22H,1-5,8-10,12H2/t15?,16?,17-,18?/m1/s1. The minimum atomic E-state index is -0.0645. The van der Waals surface area contributed by atoms with Gasteiger partial charge in [-0.2, -0.15) is 0 Å². The maximum Gasteiger partial charge on any atom is 0.241 e. The van der Waals surface area contributed by atoms with Crippen molar-refractivity contribution in [3.8, 4) is 0 Å². The lowest BCUT2D eigenvalue weighted by atomic mass is 9.88. The van der Waals surface area contributed by atoms with Gasteiger partial charge in [0.2, 0.25) is 5.91 Å². The Hall–Kier alpha value is -1.46. The Morgan fingerprint density at radius 2 is 1.96 bits per heavy atom. The molecule has 1 aliphatic carbocycles. The van der Waals surface area contributed by atoms with Gasteiger partial charge in [-0.15, -0.1) is 0 Å². The highest BCUT2D eigenvalue weighted by Crippen LogP contribution is 2.34. The molecular weight excluding hydrogens is 300 g/mol. The van der Waals surface area contributed by atoms with E-state index in [1.807, 2.05) is 12.3 Å². The van der Waals surface area contributed by atoms with E-state index in [0.29, 0.717) is 12.0 Å². The van der Waals surface area contributed by atoms with Crippen molar-refractivity contribution in [3.63, 3.8) is 0 Å². The summed E-state index contributed by atoms with van der Waals surface area (Å²) in [4.78, 5) is 19.7. The number of nitrogens with zero attached hydrogens (tertiary/aromatic N) is 2. The average molecular weight is 328 g/mol. The smallest absolute Gasteiger partial charge is 0.241 e. The van der Waals surface area contributed by atoms with E-state index >= 15 is 0 Å². The molecule has 1 aromatic heterocycles. The van der Waals surface area contributed by atoms with E-state index in [2.05, 4.69) is 26.8 Å². The lowest BCUT2D eigenvalue weighted by molar-refractivity contribution is -0.138. The van der Waals surface area contributed by atoms with Crippen LogP contribution in [-0.2, 0) is 4.79 Å². The van der Waals surface area contributed by atoms with E-state index in [1.54, 1.807) is 6.20 Å². The molecule has 3 fully saturated rings. The topological polar surface area (TPSA) is 57.3 Å². The van der Waals surface area contributed by atoms with Crippen LogP contribution < -0.4 is 10.9 Å². The van der Waals surface area contributed by atoms with Gasteiger partial charge in [-0.3, -0.25) is 15.2 Å². The highest BCUT2D eigenvalue weighted by atomic mass is 16.2. The van der Waals surface area contributed by atoms with Crippen molar-refractivity contribution in [2.75, 3.05) is 6.54 Å². The number of piperidine rings is 1. The number of hydrogen-bond donors (Lipinski definition) is 2. The second-order valence-electron chi connectivity index (χ2n) is 7.50. The Labute approximate surface area is 144 Å². The fraction of sp³-hybridized carbons (Fsp3) is 0.684. The van der Waals surface area contributed by atoms with Crippen LogP contribution in [0.2, 0.25) is 0 Å². The number of hydrazine groups is 1. The molecule has 0 radical (unpaired) electrons. The van der Waals surface area contributed by atoms with Crippen molar-refractivity contribution < 1.29 is 4.79 Å². The number of carbonyl (C=O) groups is 1. The van der Waals surface area contributed by atoms with Gasteiger partial charge in [-0.05, 0) is 43.7 Å². The summed E-state index contributed by atoms with van der Waals surface area (Å²) >= 11 is 0. The van der Waals surface area contributed by atoms with Crippen molar-refractivity contribution in [1.82, 2.24) is 20.7 Å². The average Bonchev–Trinajstić information content (AvgIpc) is 2.90. The van der Waals surface area contributed by atoms with Gasteiger partial charge in [-0.1, -0.05) is 25.3 Å². The summed E-state index contributed by atoms with van der Waals surface area (Å²) in [5, 5.41) is 0. The van der Waals surface area contributed by atoms with Gasteiger partial charge in [0, 0.05) is 30.9 Å². The Kier molecular flexibility index (Phi) is 4.81. The number of nitrogens with one attached hydrogen (secondary N) is 2. The van der Waals surface area contributed by atoms with E-state index in [4.69, 9.17) is 0 Å². The third-order valence-electron chi connectivity index (χ3n) is 6.04. The normalized spacial score (nSPS) is 33.8. The van der Waals surface area contributed by atoms with Crippen molar-refractivity contribution in [2.45, 2.75) is 69.5 Å². The van der Waals surface area contributed by atoms with Crippen LogP contribution in [0.3, 0.4) is 0 Å². The van der Waals surface area contributed by atoms with Crippen LogP contribution in [0.25, 0.3) is 0 Å². The fourth-order valence-corrected chi connectivity index (χ4v) is 4.76. The highest BCUT2D eigenvalue weighted by Gasteiger charge is 2.43. The molecule has 0 bridgehead atoms. The maximum absolute atomic E-state index is 13.4. The van der Waals surface area contributed by atoms with Crippen molar-refractivity contribution in [1.29, 1.82) is 0 Å². The van der Waals surface area contributed by atoms with Gasteiger partial charge in [0.05, 0.1) is 6.04 Å². The monoisotopic (exact) mass is 328 g/mol. The van der Waals surface area contributed by atoms with Crippen LogP contribution in [-0.4, -0.2) is 34.4 Å². The second kappa shape index (κ2) is 7.19. The molecule has 0 aromatic carbocycles. The molecule has 4 atom stereocenters. The maximum atomic E-state index is 13.4. The summed E-state index contributed by atoms with van der Waals surface area (Å²) in [5.41, 5.74) is 7.93. The van der Waals surface area contributed by atoms with E-state index in [-0.39, 0.29) is 18.0 Å². The molecule has 1 aromatic rings. The molecule has 3 unspecified atom stereocenters. The molecule has 1 amide bonds. The summed E-state index contributed by atoms with van der Waals surface area (Å²) < 4.78 is 0. The third kappa shape index (κ3) is 3.07. The number of carbonyl (C=O) groups excluding carboxylic acids is 1. The van der Waals surface area contributed by atoms with Gasteiger partial charge in [0.25, 0.3) is 0 Å². The van der Waals surface area contributed by atoms with Crippen LogP contribution in [0, 0.1) is 5.92 Å². The molecule has 0 spiro atoms. The number of aromatic nitrogens is 1. The lowest BCUT2D eigenvalue weighted by Gasteiger charge is -2.38. The van der Waals surface area contributed by atoms with Crippen LogP contribution in [0.1, 0.15) is 63.0 Å². The van der Waals surface area contributed by atoms with E-state index < -0.39 is 0 Å². The summed E-state index contributed by atoms with van der Waals surface area (Å²) in [6, 6.07) is 4.67. The number of pyridine rings is 1. The molecular formula is C19H28N4O. The molecule has 4 rings (SSSR count). The number of likely N-dealkylation sites (tertiary alicyclic amines) is 1. The summed E-state index contributed by atoms with van der Waals surface area (Å²) in [5.74, 6) is 0.724. The van der Waals surface area contributed by atoms with Crippen molar-refractivity contribution in [3.05, 3.63) is 30.1 Å². The van der Waals surface area contributed by atoms with Crippen molar-refractivity contribution >= 4 is 5.91 Å². The molecule has 2 saturated heterocycles. The molecule has 24 heavy (non-hydrogen) atoms. The number of hydrogen-bond acceptors (Lipinski definition) is 4. The van der Waals surface area contributed by atoms with Crippen molar-refractivity contribution in [2.24, 2.45) is 5.92 Å². The first-order valence-electron chi connectivity index (χ1n) is 9.56. The first-order valence-corrected chi connectivity index (χ1v) is 9.56. The number of amides is 1. The minimum Gasteiger partial charge on any atom is -0.334 e. The van der Waals surface area contributed by atoms with E-state index in [1.165, 1.54) is 37.7 Å². The van der Waals surface area contributed by atoms with Gasteiger partial charge in [0.15, 0.2) is 0 Å². The lowest BCUT2D eigenvalue weighted by Crippen LogP contribution is -2.50. The Balaban J connectivity index is 1.53. The number of fused-ring (bicyclic) bond motifs is 1. The quantitative estimate of drug-likeness (QED) is 0.876. The Bertz CT molecular complexity index is 564. The zero-order valence-electron chi connectivity index (χ0n) is 14.3. The Morgan fingerprint density at radius 3 is 2.83 bits per heavy atom. The second-order valence-corrected chi connectivity index (χ2v) is 7.50. The van der Waals surface area contributed by atoms with E-state index in [9.17, 15) is 4.79 Å². The molecule has 1 saturated carbocycles. The summed E-state index contributed by atoms with van der Waals surface area (Å²) in [6.45, 7) is 0.869. The first-order chi connectivity index (χ1) is 11.8. The fourth-order valence-electron chi connectivity index (χ4n) is 4.76.